The largest absolute Gasteiger partial charge is 0.502 e. The first-order chi connectivity index (χ1) is 13.9. The Hall–Kier alpha value is -3.75. The Bertz CT molecular complexity index is 1100. The summed E-state index contributed by atoms with van der Waals surface area (Å²) in [6.45, 7) is 0. The number of methoxy groups -OCH3 is 3. The third-order valence-corrected chi connectivity index (χ3v) is 4.60. The van der Waals surface area contributed by atoms with E-state index >= 15 is 0 Å². The van der Waals surface area contributed by atoms with E-state index in [-0.39, 0.29) is 34.9 Å². The first-order valence-corrected chi connectivity index (χ1v) is 8.63. The van der Waals surface area contributed by atoms with Gasteiger partial charge in [-0.05, 0) is 29.8 Å². The van der Waals surface area contributed by atoms with Gasteiger partial charge >= 0.3 is 5.97 Å². The monoisotopic (exact) mass is 400 g/mol. The third kappa shape index (κ3) is 3.66. The maximum atomic E-state index is 13.1. The summed E-state index contributed by atoms with van der Waals surface area (Å²) in [4.78, 5) is 29.3. The molecular weight excluding hydrogens is 380 g/mol. The molecule has 2 aromatic heterocycles. The van der Waals surface area contributed by atoms with E-state index in [1.807, 2.05) is 0 Å². The summed E-state index contributed by atoms with van der Waals surface area (Å²) in [7, 11) is 3.94. The zero-order valence-electron chi connectivity index (χ0n) is 16.1. The predicted molar refractivity (Wildman–Crippen MR) is 103 cm³/mol. The third-order valence-electron chi connectivity index (χ3n) is 4.60. The van der Waals surface area contributed by atoms with Gasteiger partial charge < -0.3 is 24.4 Å². The van der Waals surface area contributed by atoms with Crippen LogP contribution >= 0.6 is 0 Å². The van der Waals surface area contributed by atoms with Gasteiger partial charge in [0.05, 0.1) is 33.3 Å². The molecule has 2 heterocycles. The van der Waals surface area contributed by atoms with Crippen molar-refractivity contribution in [1.82, 2.24) is 9.38 Å². The summed E-state index contributed by atoms with van der Waals surface area (Å²) in [5, 5.41) is 20.7. The number of carbonyl (C=O) groups is 1. The van der Waals surface area contributed by atoms with Crippen molar-refractivity contribution < 1.29 is 29.2 Å². The van der Waals surface area contributed by atoms with Gasteiger partial charge in [-0.3, -0.25) is 14.0 Å². The van der Waals surface area contributed by atoms with E-state index in [4.69, 9.17) is 14.2 Å². The van der Waals surface area contributed by atoms with Gasteiger partial charge in [0.15, 0.2) is 11.5 Å². The van der Waals surface area contributed by atoms with E-state index in [2.05, 4.69) is 4.98 Å². The Morgan fingerprint density at radius 3 is 2.38 bits per heavy atom. The fourth-order valence-corrected chi connectivity index (χ4v) is 3.15. The molecule has 0 radical (unpaired) electrons. The number of rotatable bonds is 6. The Kier molecular flexibility index (Phi) is 5.58. The number of fused-ring (bicyclic) bond motifs is 1. The molecular formula is C20H20N2O7. The second-order valence-electron chi connectivity index (χ2n) is 6.19. The number of benzene rings is 1. The summed E-state index contributed by atoms with van der Waals surface area (Å²) >= 11 is 0. The Morgan fingerprint density at radius 1 is 1.14 bits per heavy atom. The average Bonchev–Trinajstić information content (AvgIpc) is 2.73. The van der Waals surface area contributed by atoms with E-state index < -0.39 is 23.3 Å². The number of aromatic nitrogens is 2. The van der Waals surface area contributed by atoms with Crippen molar-refractivity contribution in [3.05, 3.63) is 58.0 Å². The highest BCUT2D eigenvalue weighted by molar-refractivity contribution is 5.72. The molecule has 1 unspecified atom stereocenters. The first kappa shape index (κ1) is 20.0. The first-order valence-electron chi connectivity index (χ1n) is 8.63. The fourth-order valence-electron chi connectivity index (χ4n) is 3.15. The second-order valence-corrected chi connectivity index (χ2v) is 6.19. The Labute approximate surface area is 165 Å². The normalized spacial score (nSPS) is 11.8. The van der Waals surface area contributed by atoms with E-state index in [1.54, 1.807) is 18.2 Å². The van der Waals surface area contributed by atoms with Gasteiger partial charge in [0.2, 0.25) is 11.6 Å². The van der Waals surface area contributed by atoms with E-state index in [0.717, 1.165) is 0 Å². The summed E-state index contributed by atoms with van der Waals surface area (Å²) < 4.78 is 16.4. The maximum absolute atomic E-state index is 13.1. The van der Waals surface area contributed by atoms with E-state index in [0.29, 0.717) is 5.56 Å². The summed E-state index contributed by atoms with van der Waals surface area (Å²) in [5.41, 5.74) is 0.0327. The number of ether oxygens (including phenoxy) is 3. The van der Waals surface area contributed by atoms with Gasteiger partial charge in [0.25, 0.3) is 5.56 Å². The molecule has 152 valence electrons. The Balaban J connectivity index is 2.29. The molecule has 0 fully saturated rings. The van der Waals surface area contributed by atoms with Crippen LogP contribution in [0.15, 0.2) is 41.3 Å². The van der Waals surface area contributed by atoms with Gasteiger partial charge in [0, 0.05) is 12.1 Å². The molecule has 0 aliphatic heterocycles. The van der Waals surface area contributed by atoms with Crippen LogP contribution in [0.25, 0.3) is 5.65 Å². The van der Waals surface area contributed by atoms with Crippen LogP contribution < -0.4 is 15.0 Å². The molecule has 9 heteroatoms. The lowest BCUT2D eigenvalue weighted by atomic mass is 9.89. The Morgan fingerprint density at radius 2 is 1.79 bits per heavy atom. The van der Waals surface area contributed by atoms with Gasteiger partial charge in [0.1, 0.15) is 5.65 Å². The molecule has 1 atom stereocenters. The number of pyridine rings is 1. The van der Waals surface area contributed by atoms with Crippen LogP contribution in [0.3, 0.4) is 0 Å². The minimum atomic E-state index is -0.928. The quantitative estimate of drug-likeness (QED) is 0.602. The maximum Gasteiger partial charge on any atom is 0.306 e. The number of carbonyl (C=O) groups excluding carboxylic acids is 1. The minimum absolute atomic E-state index is 0.0857. The zero-order chi connectivity index (χ0) is 21.1. The second kappa shape index (κ2) is 8.09. The summed E-state index contributed by atoms with van der Waals surface area (Å²) in [6, 6.07) is 7.84. The van der Waals surface area contributed by atoms with Gasteiger partial charge in [-0.25, -0.2) is 0 Å². The molecule has 0 bridgehead atoms. The van der Waals surface area contributed by atoms with Crippen LogP contribution in [-0.4, -0.2) is 46.9 Å². The molecule has 3 aromatic rings. The van der Waals surface area contributed by atoms with Crippen molar-refractivity contribution in [3.63, 3.8) is 0 Å². The SMILES string of the molecule is COC(=O)CC(c1cc(OC)c(O)c(OC)c1)c1c(O)nc2ccccn2c1=O. The van der Waals surface area contributed by atoms with Crippen molar-refractivity contribution in [2.45, 2.75) is 12.3 Å². The highest BCUT2D eigenvalue weighted by atomic mass is 16.5. The molecule has 29 heavy (non-hydrogen) atoms. The molecule has 0 saturated carbocycles. The molecule has 0 spiro atoms. The highest BCUT2D eigenvalue weighted by Gasteiger charge is 2.28. The molecule has 0 amide bonds. The van der Waals surface area contributed by atoms with Crippen LogP contribution in [0.5, 0.6) is 23.1 Å². The number of hydrogen-bond acceptors (Lipinski definition) is 8. The number of aromatic hydroxyl groups is 2. The lowest BCUT2D eigenvalue weighted by Gasteiger charge is -2.20. The number of nitrogens with zero attached hydrogens (tertiary/aromatic N) is 2. The molecule has 2 N–H and O–H groups in total. The van der Waals surface area contributed by atoms with Gasteiger partial charge in [-0.2, -0.15) is 4.98 Å². The molecule has 0 aliphatic rings. The zero-order valence-corrected chi connectivity index (χ0v) is 16.1. The molecule has 0 saturated heterocycles. The van der Waals surface area contributed by atoms with E-state index in [1.165, 1.54) is 44.1 Å². The average molecular weight is 400 g/mol. The lowest BCUT2D eigenvalue weighted by Crippen LogP contribution is -2.24. The summed E-state index contributed by atoms with van der Waals surface area (Å²) in [6.07, 6.45) is 1.26. The smallest absolute Gasteiger partial charge is 0.306 e. The van der Waals surface area contributed by atoms with Gasteiger partial charge in [-0.1, -0.05) is 6.07 Å². The predicted octanol–water partition coefficient (Wildman–Crippen LogP) is 1.82. The van der Waals surface area contributed by atoms with Crippen molar-refractivity contribution in [1.29, 1.82) is 0 Å². The minimum Gasteiger partial charge on any atom is -0.502 e. The number of phenols is 1. The number of hydrogen-bond donors (Lipinski definition) is 2. The molecule has 1 aromatic carbocycles. The molecule has 9 nitrogen and oxygen atoms in total. The molecule has 0 aliphatic carbocycles. The number of esters is 1. The fraction of sp³-hybridized carbons (Fsp3) is 0.250. The van der Waals surface area contributed by atoms with Crippen LogP contribution in [0.4, 0.5) is 0 Å². The lowest BCUT2D eigenvalue weighted by molar-refractivity contribution is -0.140. The topological polar surface area (TPSA) is 120 Å². The number of phenolic OH excluding ortho intramolecular Hbond substituents is 1. The summed E-state index contributed by atoms with van der Waals surface area (Å²) in [5.74, 6) is -2.08. The van der Waals surface area contributed by atoms with E-state index in [9.17, 15) is 19.8 Å². The standard InChI is InChI=1S/C20H20N2O7/c1-27-13-8-11(9-14(28-2)18(13)24)12(10-16(23)29-3)17-19(25)21-15-6-4-5-7-22(15)20(17)26/h4-9,12,24-25H,10H2,1-3H3. The van der Waals surface area contributed by atoms with Gasteiger partial charge in [-0.15, -0.1) is 0 Å². The van der Waals surface area contributed by atoms with Crippen molar-refractivity contribution in [2.75, 3.05) is 21.3 Å². The van der Waals surface area contributed by atoms with Crippen molar-refractivity contribution >= 4 is 11.6 Å². The van der Waals surface area contributed by atoms with Crippen LogP contribution in [0.1, 0.15) is 23.5 Å². The van der Waals surface area contributed by atoms with Crippen molar-refractivity contribution in [3.8, 4) is 23.1 Å². The van der Waals surface area contributed by atoms with Crippen molar-refractivity contribution in [2.24, 2.45) is 0 Å². The molecule has 3 rings (SSSR count). The van der Waals surface area contributed by atoms with Crippen LogP contribution in [-0.2, 0) is 9.53 Å². The van der Waals surface area contributed by atoms with Crippen LogP contribution in [0, 0.1) is 0 Å². The van der Waals surface area contributed by atoms with Crippen LogP contribution in [0.2, 0.25) is 0 Å². The highest BCUT2D eigenvalue weighted by Crippen LogP contribution is 2.42.